The van der Waals surface area contributed by atoms with Gasteiger partial charge < -0.3 is 23.5 Å². The van der Waals surface area contributed by atoms with Gasteiger partial charge in [-0.2, -0.15) is 0 Å². The highest BCUT2D eigenvalue weighted by molar-refractivity contribution is 8.00. The Kier molecular flexibility index (Phi) is 5.60. The first-order valence-corrected chi connectivity index (χ1v) is 9.54. The van der Waals surface area contributed by atoms with E-state index in [2.05, 4.69) is 9.71 Å². The molecule has 1 aromatic carbocycles. The molecule has 0 spiro atoms. The Balaban J connectivity index is 1.80. The molecule has 1 N–H and O–H groups in total. The molecule has 1 aromatic heterocycles. The van der Waals surface area contributed by atoms with E-state index in [1.807, 2.05) is 58.0 Å². The van der Waals surface area contributed by atoms with Crippen LogP contribution in [0.1, 0.15) is 27.7 Å². The van der Waals surface area contributed by atoms with Crippen molar-refractivity contribution < 1.29 is 18.8 Å². The topological polar surface area (TPSA) is 61.8 Å². The number of aromatic nitrogens is 1. The smallest absolute Gasteiger partial charge is 0.496 e. The van der Waals surface area contributed by atoms with Crippen LogP contribution in [0.5, 0.6) is 11.6 Å². The zero-order chi connectivity index (χ0) is 19.7. The molecular formula is C19H25BN2O4S. The lowest BCUT2D eigenvalue weighted by atomic mass is 9.80. The predicted octanol–water partition coefficient (Wildman–Crippen LogP) is 3.52. The van der Waals surface area contributed by atoms with Gasteiger partial charge in [0, 0.05) is 23.4 Å². The van der Waals surface area contributed by atoms with E-state index in [0.29, 0.717) is 5.88 Å². The van der Waals surface area contributed by atoms with Crippen LogP contribution in [-0.2, 0) is 9.31 Å². The molecule has 2 heterocycles. The van der Waals surface area contributed by atoms with Gasteiger partial charge in [0.05, 0.1) is 30.3 Å². The number of benzene rings is 1. The van der Waals surface area contributed by atoms with Crippen LogP contribution in [0, 0.1) is 0 Å². The van der Waals surface area contributed by atoms with Crippen molar-refractivity contribution >= 4 is 30.2 Å². The van der Waals surface area contributed by atoms with Crippen molar-refractivity contribution in [3.63, 3.8) is 0 Å². The number of rotatable bonds is 6. The fourth-order valence-corrected chi connectivity index (χ4v) is 3.36. The van der Waals surface area contributed by atoms with Gasteiger partial charge in [-0.05, 0) is 57.8 Å². The summed E-state index contributed by atoms with van der Waals surface area (Å²) < 4.78 is 26.2. The summed E-state index contributed by atoms with van der Waals surface area (Å²) >= 11 is 1.41. The van der Waals surface area contributed by atoms with Gasteiger partial charge in [0.1, 0.15) is 5.75 Å². The van der Waals surface area contributed by atoms with Crippen molar-refractivity contribution in [3.8, 4) is 11.6 Å². The highest BCUT2D eigenvalue weighted by atomic mass is 32.2. The molecule has 0 radical (unpaired) electrons. The maximum absolute atomic E-state index is 6.12. The average molecular weight is 388 g/mol. The first-order chi connectivity index (χ1) is 12.8. The third-order valence-electron chi connectivity index (χ3n) is 4.91. The van der Waals surface area contributed by atoms with Crippen LogP contribution in [0.3, 0.4) is 0 Å². The first kappa shape index (κ1) is 19.9. The Morgan fingerprint density at radius 3 is 2.37 bits per heavy atom. The van der Waals surface area contributed by atoms with Crippen LogP contribution in [0.15, 0.2) is 41.4 Å². The number of hydrogen-bond acceptors (Lipinski definition) is 7. The van der Waals surface area contributed by atoms with E-state index < -0.39 is 18.3 Å². The molecule has 0 unspecified atom stereocenters. The number of nitrogens with one attached hydrogen (secondary N) is 1. The minimum atomic E-state index is -0.468. The Hall–Kier alpha value is -1.90. The molecule has 0 bridgehead atoms. The highest BCUT2D eigenvalue weighted by Crippen LogP contribution is 2.37. The Morgan fingerprint density at radius 1 is 1.04 bits per heavy atom. The van der Waals surface area contributed by atoms with E-state index in [-0.39, 0.29) is 0 Å². The lowest BCUT2D eigenvalue weighted by Crippen LogP contribution is -2.41. The second-order valence-electron chi connectivity index (χ2n) is 7.30. The maximum Gasteiger partial charge on any atom is 0.496 e. The first-order valence-electron chi connectivity index (χ1n) is 8.72. The fraction of sp³-hybridized carbons (Fsp3) is 0.421. The summed E-state index contributed by atoms with van der Waals surface area (Å²) in [7, 11) is 2.78. The Morgan fingerprint density at radius 2 is 1.74 bits per heavy atom. The van der Waals surface area contributed by atoms with Gasteiger partial charge in [-0.15, -0.1) is 0 Å². The molecule has 1 aliphatic rings. The molecule has 3 rings (SSSR count). The van der Waals surface area contributed by atoms with Crippen molar-refractivity contribution in [1.82, 2.24) is 4.98 Å². The molecule has 1 saturated heterocycles. The van der Waals surface area contributed by atoms with Crippen LogP contribution in [0.4, 0.5) is 5.69 Å². The van der Waals surface area contributed by atoms with Crippen LogP contribution in [0.2, 0.25) is 0 Å². The SMILES string of the molecule is COc1cccc(NSc2cc(B3OC(C)(C)C(C)(C)O3)cnc2OC)c1. The van der Waals surface area contributed by atoms with Crippen LogP contribution in [0.25, 0.3) is 0 Å². The predicted molar refractivity (Wildman–Crippen MR) is 109 cm³/mol. The summed E-state index contributed by atoms with van der Waals surface area (Å²) in [4.78, 5) is 5.26. The molecule has 0 aliphatic carbocycles. The third kappa shape index (κ3) is 4.18. The summed E-state index contributed by atoms with van der Waals surface area (Å²) in [6, 6.07) is 9.69. The third-order valence-corrected chi connectivity index (χ3v) is 5.76. The number of hydrogen-bond donors (Lipinski definition) is 1. The van der Waals surface area contributed by atoms with Crippen LogP contribution >= 0.6 is 11.9 Å². The van der Waals surface area contributed by atoms with E-state index in [0.717, 1.165) is 21.8 Å². The van der Waals surface area contributed by atoms with Gasteiger partial charge in [-0.3, -0.25) is 0 Å². The molecule has 144 valence electrons. The Bertz CT molecular complexity index is 800. The fourth-order valence-electron chi connectivity index (χ4n) is 2.58. The maximum atomic E-state index is 6.12. The lowest BCUT2D eigenvalue weighted by Gasteiger charge is -2.32. The van der Waals surface area contributed by atoms with Crippen LogP contribution < -0.4 is 19.7 Å². The van der Waals surface area contributed by atoms with Gasteiger partial charge in [0.2, 0.25) is 5.88 Å². The molecule has 0 atom stereocenters. The molecule has 27 heavy (non-hydrogen) atoms. The normalized spacial score (nSPS) is 17.6. The standard InChI is InChI=1S/C19H25BN2O4S/c1-18(2)19(3,4)26-20(25-18)13-10-16(17(24-6)21-12-13)27-22-14-8-7-9-15(11-14)23-5/h7-12,22H,1-6H3. The summed E-state index contributed by atoms with van der Waals surface area (Å²) in [6.45, 7) is 8.13. The zero-order valence-electron chi connectivity index (χ0n) is 16.5. The number of ether oxygens (including phenoxy) is 2. The molecule has 6 nitrogen and oxygen atoms in total. The largest absolute Gasteiger partial charge is 0.497 e. The molecule has 2 aromatic rings. The van der Waals surface area contributed by atoms with E-state index >= 15 is 0 Å². The Labute approximate surface area is 165 Å². The van der Waals surface area contributed by atoms with E-state index in [4.69, 9.17) is 18.8 Å². The van der Waals surface area contributed by atoms with Gasteiger partial charge in [0.25, 0.3) is 0 Å². The summed E-state index contributed by atoms with van der Waals surface area (Å²) in [6.07, 6.45) is 1.73. The van der Waals surface area contributed by atoms with Crippen molar-refractivity contribution in [3.05, 3.63) is 36.5 Å². The monoisotopic (exact) mass is 388 g/mol. The average Bonchev–Trinajstić information content (AvgIpc) is 2.87. The molecule has 0 saturated carbocycles. The molecule has 1 fully saturated rings. The second kappa shape index (κ2) is 7.62. The minimum absolute atomic E-state index is 0.399. The highest BCUT2D eigenvalue weighted by Gasteiger charge is 2.51. The van der Waals surface area contributed by atoms with Crippen molar-refractivity contribution in [2.75, 3.05) is 18.9 Å². The van der Waals surface area contributed by atoms with Gasteiger partial charge in [-0.25, -0.2) is 4.98 Å². The molecule has 8 heteroatoms. The van der Waals surface area contributed by atoms with Crippen LogP contribution in [-0.4, -0.2) is 37.5 Å². The minimum Gasteiger partial charge on any atom is -0.497 e. The molecule has 0 amide bonds. The number of anilines is 1. The lowest BCUT2D eigenvalue weighted by molar-refractivity contribution is 0.00578. The van der Waals surface area contributed by atoms with Gasteiger partial charge >= 0.3 is 7.12 Å². The summed E-state index contributed by atoms with van der Waals surface area (Å²) in [5, 5.41) is 0. The van der Waals surface area contributed by atoms with Crippen molar-refractivity contribution in [1.29, 1.82) is 0 Å². The zero-order valence-corrected chi connectivity index (χ0v) is 17.3. The second-order valence-corrected chi connectivity index (χ2v) is 8.15. The van der Waals surface area contributed by atoms with E-state index in [1.54, 1.807) is 20.4 Å². The molecule has 1 aliphatic heterocycles. The van der Waals surface area contributed by atoms with E-state index in [1.165, 1.54) is 11.9 Å². The quantitative estimate of drug-likeness (QED) is 0.600. The van der Waals surface area contributed by atoms with Crippen molar-refractivity contribution in [2.45, 2.75) is 43.8 Å². The number of methoxy groups -OCH3 is 2. The summed E-state index contributed by atoms with van der Waals surface area (Å²) in [5.74, 6) is 1.33. The number of pyridine rings is 1. The number of nitrogens with zero attached hydrogens (tertiary/aromatic N) is 1. The van der Waals surface area contributed by atoms with Gasteiger partial charge in [0.15, 0.2) is 0 Å². The van der Waals surface area contributed by atoms with Crippen molar-refractivity contribution in [2.24, 2.45) is 0 Å². The molecular weight excluding hydrogens is 363 g/mol. The summed E-state index contributed by atoms with van der Waals surface area (Å²) in [5.41, 5.74) is 0.972. The van der Waals surface area contributed by atoms with E-state index in [9.17, 15) is 0 Å². The van der Waals surface area contributed by atoms with Gasteiger partial charge in [-0.1, -0.05) is 6.07 Å².